The quantitative estimate of drug-likeness (QED) is 0.726. The number of anilines is 1. The van der Waals surface area contributed by atoms with Gasteiger partial charge in [0.05, 0.1) is 12.0 Å². The van der Waals surface area contributed by atoms with E-state index in [0.717, 1.165) is 15.7 Å². The number of piperidine rings is 1. The van der Waals surface area contributed by atoms with Crippen molar-refractivity contribution < 1.29 is 17.9 Å². The third-order valence-electron chi connectivity index (χ3n) is 4.92. The van der Waals surface area contributed by atoms with Gasteiger partial charge < -0.3 is 10.1 Å². The van der Waals surface area contributed by atoms with Crippen molar-refractivity contribution in [1.82, 2.24) is 4.31 Å². The molecule has 6 nitrogen and oxygen atoms in total. The van der Waals surface area contributed by atoms with Crippen LogP contribution in [0.4, 0.5) is 5.69 Å². The summed E-state index contributed by atoms with van der Waals surface area (Å²) < 4.78 is 33.4. The largest absolute Gasteiger partial charge is 0.496 e. The number of nitrogens with one attached hydrogen (secondary N) is 1. The molecule has 0 saturated carbocycles. The smallest absolute Gasteiger partial charge is 0.243 e. The Balaban J connectivity index is 1.64. The maximum Gasteiger partial charge on any atom is 0.243 e. The van der Waals surface area contributed by atoms with Gasteiger partial charge in [0, 0.05) is 29.2 Å². The van der Waals surface area contributed by atoms with Crippen LogP contribution in [0.1, 0.15) is 18.4 Å². The van der Waals surface area contributed by atoms with Crippen LogP contribution in [0.25, 0.3) is 0 Å². The fourth-order valence-electron chi connectivity index (χ4n) is 3.33. The van der Waals surface area contributed by atoms with Crippen LogP contribution < -0.4 is 10.1 Å². The summed E-state index contributed by atoms with van der Waals surface area (Å²) >= 11 is 3.38. The van der Waals surface area contributed by atoms with Gasteiger partial charge in [0.2, 0.25) is 15.9 Å². The number of halogens is 1. The zero-order valence-electron chi connectivity index (χ0n) is 15.8. The average molecular weight is 467 g/mol. The molecule has 0 unspecified atom stereocenters. The molecule has 0 bridgehead atoms. The Morgan fingerprint density at radius 3 is 2.50 bits per heavy atom. The lowest BCUT2D eigenvalue weighted by molar-refractivity contribution is -0.120. The minimum absolute atomic E-state index is 0.0737. The van der Waals surface area contributed by atoms with Gasteiger partial charge >= 0.3 is 0 Å². The monoisotopic (exact) mass is 466 g/mol. The molecular formula is C20H23BrN2O4S. The summed E-state index contributed by atoms with van der Waals surface area (Å²) in [7, 11) is -2.03. The van der Waals surface area contributed by atoms with Crippen molar-refractivity contribution in [3.8, 4) is 5.75 Å². The predicted molar refractivity (Wildman–Crippen MR) is 112 cm³/mol. The minimum Gasteiger partial charge on any atom is -0.496 e. The van der Waals surface area contributed by atoms with Crippen molar-refractivity contribution in [2.75, 3.05) is 25.5 Å². The molecule has 1 N–H and O–H groups in total. The molecule has 0 spiro atoms. The van der Waals surface area contributed by atoms with Crippen LogP contribution in [-0.4, -0.2) is 38.8 Å². The number of rotatable bonds is 5. The van der Waals surface area contributed by atoms with Crippen LogP contribution in [0.2, 0.25) is 0 Å². The number of methoxy groups -OCH3 is 1. The highest BCUT2D eigenvalue weighted by Gasteiger charge is 2.32. The summed E-state index contributed by atoms with van der Waals surface area (Å²) in [5.41, 5.74) is 1.50. The molecular weight excluding hydrogens is 444 g/mol. The number of benzene rings is 2. The van der Waals surface area contributed by atoms with E-state index in [0.29, 0.717) is 31.7 Å². The molecule has 28 heavy (non-hydrogen) atoms. The first-order valence-electron chi connectivity index (χ1n) is 9.02. The van der Waals surface area contributed by atoms with E-state index in [1.807, 2.05) is 31.2 Å². The molecule has 1 saturated heterocycles. The molecule has 0 atom stereocenters. The van der Waals surface area contributed by atoms with E-state index in [1.165, 1.54) is 4.31 Å². The zero-order valence-corrected chi connectivity index (χ0v) is 18.2. The van der Waals surface area contributed by atoms with Gasteiger partial charge in [0.1, 0.15) is 5.75 Å². The highest BCUT2D eigenvalue weighted by molar-refractivity contribution is 9.10. The second-order valence-corrected chi connectivity index (χ2v) is 9.66. The summed E-state index contributed by atoms with van der Waals surface area (Å²) in [4.78, 5) is 12.8. The summed E-state index contributed by atoms with van der Waals surface area (Å²) in [6, 6.07) is 12.3. The lowest BCUT2D eigenvalue weighted by Crippen LogP contribution is -2.41. The molecule has 1 amide bonds. The Bertz CT molecular complexity index is 970. The fourth-order valence-corrected chi connectivity index (χ4v) is 5.28. The average Bonchev–Trinajstić information content (AvgIpc) is 2.68. The van der Waals surface area contributed by atoms with Gasteiger partial charge in [0.25, 0.3) is 0 Å². The normalized spacial score (nSPS) is 16.0. The van der Waals surface area contributed by atoms with Crippen molar-refractivity contribution in [2.45, 2.75) is 24.7 Å². The highest BCUT2D eigenvalue weighted by atomic mass is 79.9. The van der Waals surface area contributed by atoms with Crippen LogP contribution in [0.5, 0.6) is 5.75 Å². The van der Waals surface area contributed by atoms with Gasteiger partial charge in [-0.1, -0.05) is 22.0 Å². The van der Waals surface area contributed by atoms with Gasteiger partial charge in [-0.2, -0.15) is 4.31 Å². The summed E-state index contributed by atoms with van der Waals surface area (Å²) in [6.07, 6.45) is 0.988. The van der Waals surface area contributed by atoms with Gasteiger partial charge in [0.15, 0.2) is 0 Å². The lowest BCUT2D eigenvalue weighted by Gasteiger charge is -2.30. The number of carbonyl (C=O) groups excluding carboxylic acids is 1. The van der Waals surface area contributed by atoms with E-state index in [1.54, 1.807) is 25.3 Å². The fraction of sp³-hybridized carbons (Fsp3) is 0.350. The Kier molecular flexibility index (Phi) is 6.42. The van der Waals surface area contributed by atoms with Crippen LogP contribution >= 0.6 is 15.9 Å². The summed E-state index contributed by atoms with van der Waals surface area (Å²) in [5.74, 6) is 0.375. The van der Waals surface area contributed by atoms with E-state index >= 15 is 0 Å². The van der Waals surface area contributed by atoms with Crippen LogP contribution in [0.3, 0.4) is 0 Å². The first-order chi connectivity index (χ1) is 13.3. The number of ether oxygens (including phenoxy) is 1. The molecule has 0 aliphatic carbocycles. The third-order valence-corrected chi connectivity index (χ3v) is 7.31. The van der Waals surface area contributed by atoms with Crippen molar-refractivity contribution in [3.05, 3.63) is 52.5 Å². The van der Waals surface area contributed by atoms with Gasteiger partial charge in [-0.15, -0.1) is 0 Å². The van der Waals surface area contributed by atoms with E-state index in [-0.39, 0.29) is 16.7 Å². The third kappa shape index (κ3) is 4.56. The zero-order chi connectivity index (χ0) is 20.3. The van der Waals surface area contributed by atoms with E-state index in [9.17, 15) is 13.2 Å². The number of hydrogen-bond acceptors (Lipinski definition) is 4. The first-order valence-corrected chi connectivity index (χ1v) is 11.3. The minimum atomic E-state index is -3.58. The van der Waals surface area contributed by atoms with Crippen molar-refractivity contribution >= 4 is 37.5 Å². The Morgan fingerprint density at radius 2 is 1.89 bits per heavy atom. The Morgan fingerprint density at radius 1 is 1.18 bits per heavy atom. The van der Waals surface area contributed by atoms with E-state index < -0.39 is 10.0 Å². The molecule has 1 aliphatic rings. The molecule has 2 aromatic carbocycles. The standard InChI is InChI=1S/C20H23BrN2O4S/c1-14-12-18(6-7-19(14)27-2)28(25,26)23-10-8-15(9-11-23)20(24)22-17-5-3-4-16(21)13-17/h3-7,12-13,15H,8-11H2,1-2H3,(H,22,24). The number of amides is 1. The molecule has 1 heterocycles. The molecule has 3 rings (SSSR count). The summed E-state index contributed by atoms with van der Waals surface area (Å²) in [6.45, 7) is 2.46. The molecule has 1 aliphatic heterocycles. The number of carbonyl (C=O) groups is 1. The number of hydrogen-bond donors (Lipinski definition) is 1. The molecule has 0 radical (unpaired) electrons. The highest BCUT2D eigenvalue weighted by Crippen LogP contribution is 2.28. The van der Waals surface area contributed by atoms with Crippen LogP contribution in [0.15, 0.2) is 51.8 Å². The van der Waals surface area contributed by atoms with Crippen LogP contribution in [-0.2, 0) is 14.8 Å². The predicted octanol–water partition coefficient (Wildman–Crippen LogP) is 3.81. The van der Waals surface area contributed by atoms with Crippen molar-refractivity contribution in [2.24, 2.45) is 5.92 Å². The SMILES string of the molecule is COc1ccc(S(=O)(=O)N2CCC(C(=O)Nc3cccc(Br)c3)CC2)cc1C. The van der Waals surface area contributed by atoms with Crippen molar-refractivity contribution in [3.63, 3.8) is 0 Å². The molecule has 1 fully saturated rings. The van der Waals surface area contributed by atoms with E-state index in [4.69, 9.17) is 4.74 Å². The van der Waals surface area contributed by atoms with Crippen LogP contribution in [0, 0.1) is 12.8 Å². The number of aryl methyl sites for hydroxylation is 1. The van der Waals surface area contributed by atoms with Crippen molar-refractivity contribution in [1.29, 1.82) is 0 Å². The van der Waals surface area contributed by atoms with Gasteiger partial charge in [-0.3, -0.25) is 4.79 Å². The molecule has 0 aromatic heterocycles. The Hall–Kier alpha value is -1.90. The second kappa shape index (κ2) is 8.63. The van der Waals surface area contributed by atoms with Gasteiger partial charge in [-0.05, 0) is 61.7 Å². The summed E-state index contributed by atoms with van der Waals surface area (Å²) in [5, 5.41) is 2.91. The molecule has 2 aromatic rings. The Labute approximate surface area is 174 Å². The van der Waals surface area contributed by atoms with E-state index in [2.05, 4.69) is 21.2 Å². The maximum absolute atomic E-state index is 12.9. The number of nitrogens with zero attached hydrogens (tertiary/aromatic N) is 1. The number of sulfonamides is 1. The molecule has 8 heteroatoms. The first kappa shape index (κ1) is 20.8. The lowest BCUT2D eigenvalue weighted by atomic mass is 9.97. The maximum atomic E-state index is 12.9. The molecule has 150 valence electrons. The van der Waals surface area contributed by atoms with Gasteiger partial charge in [-0.25, -0.2) is 8.42 Å². The topological polar surface area (TPSA) is 75.7 Å². The second-order valence-electron chi connectivity index (χ2n) is 6.81.